The Balaban J connectivity index is 2.14. The lowest BCUT2D eigenvalue weighted by molar-refractivity contribution is -0.933. The number of benzene rings is 2. The van der Waals surface area contributed by atoms with Crippen molar-refractivity contribution in [1.82, 2.24) is 10.7 Å². The van der Waals surface area contributed by atoms with Crippen molar-refractivity contribution >= 4 is 23.4 Å². The summed E-state index contributed by atoms with van der Waals surface area (Å²) < 4.78 is 44.3. The van der Waals surface area contributed by atoms with Crippen molar-refractivity contribution in [3.05, 3.63) is 59.7 Å². The molecule has 220 valence electrons. The van der Waals surface area contributed by atoms with Crippen LogP contribution in [0.1, 0.15) is 24.5 Å². The molecular formula is C26H37F3N7O4+. The minimum atomic E-state index is -4.52. The molecule has 2 aromatic carbocycles. The number of hydrogen-bond donors (Lipinski definition) is 7. The predicted octanol–water partition coefficient (Wildman–Crippen LogP) is -0.679. The Kier molecular flexibility index (Phi) is 12.8. The highest BCUT2D eigenvalue weighted by atomic mass is 19.4. The van der Waals surface area contributed by atoms with Crippen LogP contribution in [0.3, 0.4) is 0 Å². The van der Waals surface area contributed by atoms with Crippen LogP contribution in [0, 0.1) is 0 Å². The first-order chi connectivity index (χ1) is 19.0. The van der Waals surface area contributed by atoms with Gasteiger partial charge in [0.25, 0.3) is 5.91 Å². The largest absolute Gasteiger partial charge is 0.494 e. The van der Waals surface area contributed by atoms with E-state index in [1.165, 1.54) is 12.1 Å². The molecule has 0 radical (unpaired) electrons. The van der Waals surface area contributed by atoms with Crippen LogP contribution in [-0.4, -0.2) is 62.6 Å². The number of alkyl halides is 3. The quantitative estimate of drug-likeness (QED) is 0.139. The van der Waals surface area contributed by atoms with Gasteiger partial charge in [-0.2, -0.15) is 13.2 Å². The van der Waals surface area contributed by atoms with Gasteiger partial charge in [0, 0.05) is 25.2 Å². The van der Waals surface area contributed by atoms with Crippen LogP contribution in [0.25, 0.3) is 0 Å². The molecule has 0 aliphatic heterocycles. The Morgan fingerprint density at radius 2 is 1.55 bits per heavy atom. The van der Waals surface area contributed by atoms with E-state index >= 15 is 0 Å². The summed E-state index contributed by atoms with van der Waals surface area (Å²) in [4.78, 5) is 38.4. The lowest BCUT2D eigenvalue weighted by Crippen LogP contribution is -3.20. The number of ether oxygens (including phenoxy) is 1. The smallest absolute Gasteiger partial charge is 0.416 e. The molecule has 14 heteroatoms. The predicted molar refractivity (Wildman–Crippen MR) is 143 cm³/mol. The minimum absolute atomic E-state index is 0.128. The van der Waals surface area contributed by atoms with Gasteiger partial charge in [0.05, 0.1) is 24.6 Å². The third kappa shape index (κ3) is 10.8. The van der Waals surface area contributed by atoms with Crippen LogP contribution in [0.2, 0.25) is 0 Å². The molecule has 0 saturated heterocycles. The van der Waals surface area contributed by atoms with Gasteiger partial charge >= 0.3 is 6.18 Å². The van der Waals surface area contributed by atoms with Crippen LogP contribution in [-0.2, 0) is 27.0 Å². The van der Waals surface area contributed by atoms with Crippen molar-refractivity contribution in [2.24, 2.45) is 17.2 Å². The van der Waals surface area contributed by atoms with E-state index in [0.717, 1.165) is 12.1 Å². The molecular weight excluding hydrogens is 531 g/mol. The number of nitrogens with two attached hydrogens (primary N) is 3. The third-order valence-electron chi connectivity index (χ3n) is 5.74. The van der Waals surface area contributed by atoms with E-state index in [2.05, 4.69) is 16.1 Å². The zero-order valence-corrected chi connectivity index (χ0v) is 22.2. The highest BCUT2D eigenvalue weighted by Crippen LogP contribution is 2.29. The molecule has 0 aromatic heterocycles. The second kappa shape index (κ2) is 15.8. The molecule has 0 bridgehead atoms. The summed E-state index contributed by atoms with van der Waals surface area (Å²) in [5, 5.41) is 5.81. The monoisotopic (exact) mass is 568 g/mol. The maximum absolute atomic E-state index is 13.1. The molecule has 0 unspecified atom stereocenters. The summed E-state index contributed by atoms with van der Waals surface area (Å²) in [6.45, 7) is 3.74. The van der Waals surface area contributed by atoms with Gasteiger partial charge in [-0.3, -0.25) is 14.4 Å². The fraction of sp³-hybridized carbons (Fsp3) is 0.423. The molecule has 2 rings (SSSR count). The number of quaternary nitrogens is 1. The summed E-state index contributed by atoms with van der Waals surface area (Å²) >= 11 is 0. The van der Waals surface area contributed by atoms with Crippen LogP contribution < -0.4 is 43.0 Å². The van der Waals surface area contributed by atoms with Gasteiger partial charge in [-0.15, -0.1) is 0 Å². The number of nitrogens with one attached hydrogen (secondary N) is 4. The fourth-order valence-corrected chi connectivity index (χ4v) is 3.72. The van der Waals surface area contributed by atoms with Crippen LogP contribution >= 0.6 is 0 Å². The van der Waals surface area contributed by atoms with Gasteiger partial charge in [-0.25, -0.2) is 10.4 Å². The number of rotatable bonds is 15. The van der Waals surface area contributed by atoms with Gasteiger partial charge in [0.2, 0.25) is 11.8 Å². The first-order valence-electron chi connectivity index (χ1n) is 12.8. The molecule has 2 atom stereocenters. The SMILES string of the molecule is CCOc1ccc(NC(=O)[C@H](Cc2ccc(C(F)(F)F)cc2)NC(=O)[C@@H](N)CC(=O)N[NH+](CCN)CCN)cc1. The maximum Gasteiger partial charge on any atom is 0.416 e. The second-order valence-corrected chi connectivity index (χ2v) is 8.95. The first-order valence-corrected chi connectivity index (χ1v) is 12.8. The van der Waals surface area contributed by atoms with E-state index in [9.17, 15) is 27.6 Å². The van der Waals surface area contributed by atoms with E-state index in [4.69, 9.17) is 21.9 Å². The average Bonchev–Trinajstić information content (AvgIpc) is 2.89. The number of carbonyl (C=O) groups is 3. The lowest BCUT2D eigenvalue weighted by Gasteiger charge is -2.22. The van der Waals surface area contributed by atoms with E-state index < -0.39 is 41.5 Å². The van der Waals surface area contributed by atoms with Crippen LogP contribution in [0.5, 0.6) is 5.75 Å². The van der Waals surface area contributed by atoms with Crippen LogP contribution in [0.15, 0.2) is 48.5 Å². The molecule has 40 heavy (non-hydrogen) atoms. The zero-order chi connectivity index (χ0) is 29.7. The summed E-state index contributed by atoms with van der Waals surface area (Å²) in [6.07, 6.45) is -5.02. The molecule has 0 aliphatic rings. The Morgan fingerprint density at radius 1 is 0.950 bits per heavy atom. The van der Waals surface area contributed by atoms with Crippen molar-refractivity contribution < 1.29 is 37.3 Å². The molecule has 0 saturated carbocycles. The van der Waals surface area contributed by atoms with E-state index in [-0.39, 0.29) is 12.8 Å². The van der Waals surface area contributed by atoms with Crippen molar-refractivity contribution in [3.8, 4) is 5.75 Å². The standard InChI is InChI=1S/C26H36F3N7O4/c1-2-40-20-9-7-19(8-10-20)33-25(39)22(15-17-3-5-18(6-4-17)26(27,28)29)34-24(38)21(32)16-23(37)35-36(13-11-30)14-12-31/h3-10,21-22H,2,11-16,30-32H2,1H3,(H,33,39)(H,34,38)(H,35,37)/p+1/t21-,22-/m0/s1. The Hall–Kier alpha value is -3.72. The minimum Gasteiger partial charge on any atom is -0.494 e. The Bertz CT molecular complexity index is 1090. The number of amides is 3. The normalized spacial score (nSPS) is 12.9. The van der Waals surface area contributed by atoms with Gasteiger partial charge in [0.15, 0.2) is 0 Å². The van der Waals surface area contributed by atoms with Gasteiger partial charge in [-0.1, -0.05) is 12.1 Å². The van der Waals surface area contributed by atoms with E-state index in [1.54, 1.807) is 24.3 Å². The van der Waals surface area contributed by atoms with Gasteiger partial charge in [0.1, 0.15) is 24.9 Å². The Morgan fingerprint density at radius 3 is 2.08 bits per heavy atom. The topological polar surface area (TPSA) is 179 Å². The van der Waals surface area contributed by atoms with Crippen LogP contribution in [0.4, 0.5) is 18.9 Å². The van der Waals surface area contributed by atoms with Gasteiger partial charge in [-0.05, 0) is 48.9 Å². The number of halogens is 3. The van der Waals surface area contributed by atoms with Crippen molar-refractivity contribution in [1.29, 1.82) is 0 Å². The molecule has 11 nitrogen and oxygen atoms in total. The molecule has 0 aliphatic carbocycles. The number of anilines is 1. The molecule has 3 amide bonds. The van der Waals surface area contributed by atoms with Crippen molar-refractivity contribution in [3.63, 3.8) is 0 Å². The third-order valence-corrected chi connectivity index (χ3v) is 5.74. The van der Waals surface area contributed by atoms with Crippen molar-refractivity contribution in [2.75, 3.05) is 38.1 Å². The summed E-state index contributed by atoms with van der Waals surface area (Å²) in [5.74, 6) is -1.33. The molecule has 0 fully saturated rings. The fourth-order valence-electron chi connectivity index (χ4n) is 3.72. The molecule has 10 N–H and O–H groups in total. The molecule has 2 aromatic rings. The highest BCUT2D eigenvalue weighted by Gasteiger charge is 2.31. The first kappa shape index (κ1) is 32.5. The summed E-state index contributed by atoms with van der Waals surface area (Å²) in [5.41, 5.74) is 19.6. The molecule has 0 heterocycles. The lowest BCUT2D eigenvalue weighted by atomic mass is 10.0. The van der Waals surface area contributed by atoms with E-state index in [1.807, 2.05) is 6.92 Å². The number of carbonyl (C=O) groups excluding carboxylic acids is 3. The Labute approximate surface area is 230 Å². The summed E-state index contributed by atoms with van der Waals surface area (Å²) in [6, 6.07) is 8.25. The second-order valence-electron chi connectivity index (χ2n) is 8.95. The van der Waals surface area contributed by atoms with E-state index in [0.29, 0.717) is 54.8 Å². The number of hydrogen-bond acceptors (Lipinski definition) is 7. The summed E-state index contributed by atoms with van der Waals surface area (Å²) in [7, 11) is 0. The highest BCUT2D eigenvalue weighted by molar-refractivity contribution is 5.98. The average molecular weight is 569 g/mol. The van der Waals surface area contributed by atoms with Gasteiger partial charge < -0.3 is 32.6 Å². The van der Waals surface area contributed by atoms with Crippen molar-refractivity contribution in [2.45, 2.75) is 38.0 Å². The maximum atomic E-state index is 13.1. The zero-order valence-electron chi connectivity index (χ0n) is 22.2. The molecule has 0 spiro atoms.